The molecule has 1 unspecified atom stereocenters. The number of hydrogen-bond donors (Lipinski definition) is 2. The van der Waals surface area contributed by atoms with Crippen LogP contribution in [0.5, 0.6) is 0 Å². The molecule has 0 bridgehead atoms. The summed E-state index contributed by atoms with van der Waals surface area (Å²) in [6.45, 7) is 2.46. The van der Waals surface area contributed by atoms with Gasteiger partial charge >= 0.3 is 0 Å². The van der Waals surface area contributed by atoms with Gasteiger partial charge in [-0.05, 0) is 42.5 Å². The molecule has 2 N–H and O–H groups in total. The summed E-state index contributed by atoms with van der Waals surface area (Å²) in [4.78, 5) is 14.1. The fourth-order valence-corrected chi connectivity index (χ4v) is 3.10. The number of rotatable bonds is 3. The Morgan fingerprint density at radius 2 is 2.29 bits per heavy atom. The van der Waals surface area contributed by atoms with Crippen molar-refractivity contribution < 1.29 is 4.79 Å². The second kappa shape index (κ2) is 6.25. The quantitative estimate of drug-likeness (QED) is 0.866. The minimum absolute atomic E-state index is 0.0462. The van der Waals surface area contributed by atoms with Crippen molar-refractivity contribution in [2.24, 2.45) is 0 Å². The lowest BCUT2D eigenvalue weighted by atomic mass is 10.1. The van der Waals surface area contributed by atoms with Crippen LogP contribution in [0, 0.1) is 11.3 Å². The predicted octanol–water partition coefficient (Wildman–Crippen LogP) is 0.911. The minimum Gasteiger partial charge on any atom is -0.325 e. The zero-order chi connectivity index (χ0) is 14.7. The number of aryl methyl sites for hydroxylation is 2. The molecule has 0 saturated carbocycles. The first-order chi connectivity index (χ1) is 10.3. The second-order valence-electron chi connectivity index (χ2n) is 5.70. The molecule has 1 saturated heterocycles. The van der Waals surface area contributed by atoms with Gasteiger partial charge in [-0.15, -0.1) is 0 Å². The van der Waals surface area contributed by atoms with Crippen molar-refractivity contribution in [3.63, 3.8) is 0 Å². The Kier molecular flexibility index (Phi) is 4.18. The number of benzene rings is 1. The summed E-state index contributed by atoms with van der Waals surface area (Å²) < 4.78 is 0. The first kappa shape index (κ1) is 14.1. The molecule has 1 aliphatic heterocycles. The molecule has 1 heterocycles. The van der Waals surface area contributed by atoms with Gasteiger partial charge in [-0.2, -0.15) is 5.26 Å². The van der Waals surface area contributed by atoms with E-state index < -0.39 is 0 Å². The van der Waals surface area contributed by atoms with Crippen molar-refractivity contribution in [2.45, 2.75) is 25.3 Å². The standard InChI is InChI=1S/C16H20N4O/c17-9-15-10-18-6-7-20(15)11-16(21)19-14-5-4-12-2-1-3-13(12)8-14/h4-5,8,15,18H,1-3,6-7,10-11H2,(H,19,21). The first-order valence-corrected chi connectivity index (χ1v) is 7.52. The molecule has 1 aliphatic carbocycles. The first-order valence-electron chi connectivity index (χ1n) is 7.52. The van der Waals surface area contributed by atoms with E-state index in [4.69, 9.17) is 5.26 Å². The highest BCUT2D eigenvalue weighted by molar-refractivity contribution is 5.92. The molecule has 2 aliphatic rings. The van der Waals surface area contributed by atoms with Crippen molar-refractivity contribution in [3.05, 3.63) is 29.3 Å². The molecule has 0 aromatic heterocycles. The van der Waals surface area contributed by atoms with Crippen LogP contribution in [0.4, 0.5) is 5.69 Å². The number of nitrogens with one attached hydrogen (secondary N) is 2. The van der Waals surface area contributed by atoms with Crippen LogP contribution in [0.15, 0.2) is 18.2 Å². The third-order valence-electron chi connectivity index (χ3n) is 4.23. The van der Waals surface area contributed by atoms with Gasteiger partial charge in [0.25, 0.3) is 0 Å². The van der Waals surface area contributed by atoms with Crippen LogP contribution in [0.25, 0.3) is 0 Å². The fraction of sp³-hybridized carbons (Fsp3) is 0.500. The predicted molar refractivity (Wildman–Crippen MR) is 80.9 cm³/mol. The highest BCUT2D eigenvalue weighted by Crippen LogP contribution is 2.24. The third-order valence-corrected chi connectivity index (χ3v) is 4.23. The molecule has 110 valence electrons. The number of nitrogens with zero attached hydrogens (tertiary/aromatic N) is 2. The van der Waals surface area contributed by atoms with Crippen LogP contribution in [-0.2, 0) is 17.6 Å². The number of carbonyl (C=O) groups is 1. The monoisotopic (exact) mass is 284 g/mol. The van der Waals surface area contributed by atoms with Crippen molar-refractivity contribution >= 4 is 11.6 Å². The van der Waals surface area contributed by atoms with Crippen LogP contribution in [0.3, 0.4) is 0 Å². The molecule has 0 radical (unpaired) electrons. The van der Waals surface area contributed by atoms with Crippen molar-refractivity contribution in [1.29, 1.82) is 5.26 Å². The average Bonchev–Trinajstić information content (AvgIpc) is 2.95. The zero-order valence-corrected chi connectivity index (χ0v) is 12.1. The van der Waals surface area contributed by atoms with Gasteiger partial charge in [-0.25, -0.2) is 0 Å². The van der Waals surface area contributed by atoms with E-state index in [1.807, 2.05) is 11.0 Å². The lowest BCUT2D eigenvalue weighted by Gasteiger charge is -2.31. The summed E-state index contributed by atoms with van der Waals surface area (Å²) in [6, 6.07) is 8.19. The van der Waals surface area contributed by atoms with Gasteiger partial charge in [-0.3, -0.25) is 9.69 Å². The molecule has 1 atom stereocenters. The summed E-state index contributed by atoms with van der Waals surface area (Å²) in [5.41, 5.74) is 3.62. The number of amides is 1. The van der Waals surface area contributed by atoms with Crippen LogP contribution >= 0.6 is 0 Å². The van der Waals surface area contributed by atoms with Gasteiger partial charge in [0.05, 0.1) is 12.6 Å². The number of anilines is 1. The Morgan fingerprint density at radius 1 is 1.43 bits per heavy atom. The highest BCUT2D eigenvalue weighted by Gasteiger charge is 2.23. The molecule has 0 spiro atoms. The lowest BCUT2D eigenvalue weighted by Crippen LogP contribution is -2.52. The maximum absolute atomic E-state index is 12.2. The van der Waals surface area contributed by atoms with Gasteiger partial charge in [0.15, 0.2) is 0 Å². The molecule has 1 aromatic rings. The van der Waals surface area contributed by atoms with Gasteiger partial charge < -0.3 is 10.6 Å². The SMILES string of the molecule is N#CC1CNCCN1CC(=O)Nc1ccc2c(c1)CCC2. The van der Waals surface area contributed by atoms with E-state index in [1.54, 1.807) is 0 Å². The van der Waals surface area contributed by atoms with E-state index in [0.717, 1.165) is 31.6 Å². The summed E-state index contributed by atoms with van der Waals surface area (Å²) >= 11 is 0. The van der Waals surface area contributed by atoms with E-state index in [2.05, 4.69) is 28.8 Å². The largest absolute Gasteiger partial charge is 0.325 e. The van der Waals surface area contributed by atoms with Gasteiger partial charge in [-0.1, -0.05) is 6.07 Å². The van der Waals surface area contributed by atoms with E-state index in [0.29, 0.717) is 6.54 Å². The zero-order valence-electron chi connectivity index (χ0n) is 12.1. The summed E-state index contributed by atoms with van der Waals surface area (Å²) in [6.07, 6.45) is 3.46. The molecule has 21 heavy (non-hydrogen) atoms. The van der Waals surface area contributed by atoms with E-state index in [9.17, 15) is 4.79 Å². The molecule has 5 nitrogen and oxygen atoms in total. The third kappa shape index (κ3) is 3.23. The highest BCUT2D eigenvalue weighted by atomic mass is 16.2. The van der Waals surface area contributed by atoms with Crippen LogP contribution < -0.4 is 10.6 Å². The molecule has 1 amide bonds. The Labute approximate surface area is 124 Å². The normalized spacial score (nSPS) is 21.6. The Hall–Kier alpha value is -1.90. The average molecular weight is 284 g/mol. The maximum Gasteiger partial charge on any atom is 0.238 e. The summed E-state index contributed by atoms with van der Waals surface area (Å²) in [5, 5.41) is 15.2. The summed E-state index contributed by atoms with van der Waals surface area (Å²) in [7, 11) is 0. The number of fused-ring (bicyclic) bond motifs is 1. The molecular weight excluding hydrogens is 264 g/mol. The van der Waals surface area contributed by atoms with Crippen molar-refractivity contribution in [3.8, 4) is 6.07 Å². The van der Waals surface area contributed by atoms with E-state index in [-0.39, 0.29) is 18.5 Å². The van der Waals surface area contributed by atoms with Gasteiger partial charge in [0, 0.05) is 25.3 Å². The topological polar surface area (TPSA) is 68.2 Å². The second-order valence-corrected chi connectivity index (χ2v) is 5.70. The Bertz CT molecular complexity index is 578. The number of carbonyl (C=O) groups excluding carboxylic acids is 1. The number of nitriles is 1. The Morgan fingerprint density at radius 3 is 3.14 bits per heavy atom. The maximum atomic E-state index is 12.2. The lowest BCUT2D eigenvalue weighted by molar-refractivity contribution is -0.117. The molecule has 1 fully saturated rings. The van der Waals surface area contributed by atoms with Gasteiger partial charge in [0.2, 0.25) is 5.91 Å². The molecule has 5 heteroatoms. The van der Waals surface area contributed by atoms with Crippen LogP contribution in [0.2, 0.25) is 0 Å². The van der Waals surface area contributed by atoms with E-state index >= 15 is 0 Å². The summed E-state index contributed by atoms with van der Waals surface area (Å²) in [5.74, 6) is -0.0462. The van der Waals surface area contributed by atoms with Crippen molar-refractivity contribution in [2.75, 3.05) is 31.5 Å². The molecular formula is C16H20N4O. The van der Waals surface area contributed by atoms with Crippen LogP contribution in [-0.4, -0.2) is 43.0 Å². The fourth-order valence-electron chi connectivity index (χ4n) is 3.10. The van der Waals surface area contributed by atoms with Gasteiger partial charge in [0.1, 0.15) is 6.04 Å². The Balaban J connectivity index is 1.60. The number of piperazine rings is 1. The smallest absolute Gasteiger partial charge is 0.238 e. The molecule has 1 aromatic carbocycles. The van der Waals surface area contributed by atoms with E-state index in [1.165, 1.54) is 17.5 Å². The number of hydrogen-bond acceptors (Lipinski definition) is 4. The van der Waals surface area contributed by atoms with Crippen LogP contribution in [0.1, 0.15) is 17.5 Å². The molecule has 3 rings (SSSR count). The minimum atomic E-state index is -0.218. The van der Waals surface area contributed by atoms with Crippen molar-refractivity contribution in [1.82, 2.24) is 10.2 Å².